The van der Waals surface area contributed by atoms with Crippen molar-refractivity contribution in [3.63, 3.8) is 0 Å². The fraction of sp³-hybridized carbons (Fsp3) is 0.583. The Morgan fingerprint density at radius 3 is 2.94 bits per heavy atom. The van der Waals surface area contributed by atoms with Gasteiger partial charge in [0.05, 0.1) is 11.9 Å². The number of ether oxygens (including phenoxy) is 1. The van der Waals surface area contributed by atoms with E-state index < -0.39 is 5.97 Å². The molecule has 4 nitrogen and oxygen atoms in total. The summed E-state index contributed by atoms with van der Waals surface area (Å²) >= 11 is 1.77. The quantitative estimate of drug-likeness (QED) is 0.897. The van der Waals surface area contributed by atoms with Crippen LogP contribution in [0.4, 0.5) is 0 Å². The van der Waals surface area contributed by atoms with Crippen LogP contribution in [0.1, 0.15) is 35.2 Å². The molecule has 0 aromatic carbocycles. The van der Waals surface area contributed by atoms with Crippen molar-refractivity contribution in [2.75, 3.05) is 6.61 Å². The molecule has 0 bridgehead atoms. The first kappa shape index (κ1) is 12.5. The topological polar surface area (TPSA) is 59.7 Å². The number of hydrogen-bond acceptors (Lipinski definition) is 4. The summed E-state index contributed by atoms with van der Waals surface area (Å²) in [6.07, 6.45) is 1.33. The molecule has 1 N–H and O–H groups in total. The highest BCUT2D eigenvalue weighted by molar-refractivity contribution is 7.99. The number of aryl methyl sites for hydroxylation is 1. The molecule has 2 atom stereocenters. The van der Waals surface area contributed by atoms with Gasteiger partial charge in [0, 0.05) is 11.9 Å². The van der Waals surface area contributed by atoms with Crippen molar-refractivity contribution in [3.05, 3.63) is 23.2 Å². The van der Waals surface area contributed by atoms with Crippen LogP contribution in [0.25, 0.3) is 0 Å². The Bertz CT molecular complexity index is 413. The van der Waals surface area contributed by atoms with Crippen molar-refractivity contribution in [3.8, 4) is 0 Å². The van der Waals surface area contributed by atoms with Crippen LogP contribution in [-0.2, 0) is 10.5 Å². The second kappa shape index (κ2) is 5.14. The molecule has 2 heterocycles. The Balaban J connectivity index is 1.95. The van der Waals surface area contributed by atoms with Crippen molar-refractivity contribution < 1.29 is 19.1 Å². The van der Waals surface area contributed by atoms with Crippen LogP contribution in [0.5, 0.6) is 0 Å². The van der Waals surface area contributed by atoms with E-state index in [2.05, 4.69) is 6.92 Å². The summed E-state index contributed by atoms with van der Waals surface area (Å²) in [5, 5.41) is 9.39. The van der Waals surface area contributed by atoms with Crippen LogP contribution in [0.15, 0.2) is 10.5 Å². The molecule has 0 aliphatic carbocycles. The Morgan fingerprint density at radius 1 is 1.65 bits per heavy atom. The molecule has 1 aromatic heterocycles. The van der Waals surface area contributed by atoms with Gasteiger partial charge in [0.25, 0.3) is 0 Å². The van der Waals surface area contributed by atoms with Crippen LogP contribution in [0, 0.1) is 6.92 Å². The summed E-state index contributed by atoms with van der Waals surface area (Å²) in [6.45, 7) is 4.57. The van der Waals surface area contributed by atoms with Crippen molar-refractivity contribution >= 4 is 17.7 Å². The lowest BCUT2D eigenvalue weighted by Crippen LogP contribution is -2.13. The van der Waals surface area contributed by atoms with Gasteiger partial charge in [-0.15, -0.1) is 11.8 Å². The van der Waals surface area contributed by atoms with E-state index in [1.807, 2.05) is 0 Å². The van der Waals surface area contributed by atoms with Gasteiger partial charge >= 0.3 is 5.97 Å². The summed E-state index contributed by atoms with van der Waals surface area (Å²) in [6, 6.07) is 1.62. The van der Waals surface area contributed by atoms with E-state index in [0.717, 1.165) is 18.8 Å². The van der Waals surface area contributed by atoms with Crippen molar-refractivity contribution in [2.24, 2.45) is 0 Å². The fourth-order valence-electron chi connectivity index (χ4n) is 1.95. The van der Waals surface area contributed by atoms with Crippen molar-refractivity contribution in [1.29, 1.82) is 0 Å². The Labute approximate surface area is 104 Å². The summed E-state index contributed by atoms with van der Waals surface area (Å²) in [7, 11) is 0. The SMILES string of the molecule is Cc1oc(CSC2CCOC2C)cc1C(=O)O. The van der Waals surface area contributed by atoms with Crippen LogP contribution in [0.3, 0.4) is 0 Å². The Kier molecular flexibility index (Phi) is 3.79. The van der Waals surface area contributed by atoms with Gasteiger partial charge in [0.2, 0.25) is 0 Å². The fourth-order valence-corrected chi connectivity index (χ4v) is 3.08. The molecule has 1 fully saturated rings. The Hall–Kier alpha value is -0.940. The molecule has 0 radical (unpaired) electrons. The monoisotopic (exact) mass is 256 g/mol. The predicted octanol–water partition coefficient (Wildman–Crippen LogP) is 2.70. The number of furan rings is 1. The lowest BCUT2D eigenvalue weighted by Gasteiger charge is -2.11. The van der Waals surface area contributed by atoms with Crippen LogP contribution in [-0.4, -0.2) is 29.0 Å². The van der Waals surface area contributed by atoms with Gasteiger partial charge in [-0.25, -0.2) is 4.79 Å². The van der Waals surface area contributed by atoms with Crippen molar-refractivity contribution in [2.45, 2.75) is 37.4 Å². The Morgan fingerprint density at radius 2 is 2.41 bits per heavy atom. The number of carboxylic acid groups (broad SMARTS) is 1. The average Bonchev–Trinajstić information content (AvgIpc) is 2.82. The number of hydrogen-bond donors (Lipinski definition) is 1. The molecular weight excluding hydrogens is 240 g/mol. The van der Waals surface area contributed by atoms with E-state index in [1.165, 1.54) is 0 Å². The maximum absolute atomic E-state index is 10.9. The maximum Gasteiger partial charge on any atom is 0.339 e. The first-order valence-corrected chi connectivity index (χ1v) is 6.68. The first-order chi connectivity index (χ1) is 8.08. The zero-order chi connectivity index (χ0) is 12.4. The summed E-state index contributed by atoms with van der Waals surface area (Å²) in [5.41, 5.74) is 0.260. The van der Waals surface area contributed by atoms with Gasteiger partial charge in [-0.2, -0.15) is 0 Å². The molecule has 2 unspecified atom stereocenters. The minimum Gasteiger partial charge on any atom is -0.478 e. The lowest BCUT2D eigenvalue weighted by molar-refractivity contribution is 0.0695. The molecule has 0 amide bonds. The van der Waals surface area contributed by atoms with Crippen LogP contribution in [0.2, 0.25) is 0 Å². The number of carbonyl (C=O) groups is 1. The second-order valence-corrected chi connectivity index (χ2v) is 5.43. The standard InChI is InChI=1S/C12H16O4S/c1-7-10(12(13)14)5-9(16-7)6-17-11-3-4-15-8(11)2/h5,8,11H,3-4,6H2,1-2H3,(H,13,14). The second-order valence-electron chi connectivity index (χ2n) is 4.20. The van der Waals surface area contributed by atoms with Crippen LogP contribution >= 0.6 is 11.8 Å². The third-order valence-electron chi connectivity index (χ3n) is 2.95. The number of aromatic carboxylic acids is 1. The van der Waals surface area contributed by atoms with E-state index in [1.54, 1.807) is 24.8 Å². The van der Waals surface area contributed by atoms with Gasteiger partial charge in [-0.1, -0.05) is 0 Å². The minimum absolute atomic E-state index is 0.260. The van der Waals surface area contributed by atoms with Crippen LogP contribution < -0.4 is 0 Å². The molecular formula is C12H16O4S. The van der Waals surface area contributed by atoms with E-state index in [0.29, 0.717) is 16.8 Å². The minimum atomic E-state index is -0.930. The number of carboxylic acids is 1. The predicted molar refractivity (Wildman–Crippen MR) is 65.5 cm³/mol. The third kappa shape index (κ3) is 2.84. The first-order valence-electron chi connectivity index (χ1n) is 5.63. The van der Waals surface area contributed by atoms with Gasteiger partial charge < -0.3 is 14.3 Å². The smallest absolute Gasteiger partial charge is 0.339 e. The number of thioether (sulfide) groups is 1. The highest BCUT2D eigenvalue weighted by atomic mass is 32.2. The van der Waals surface area contributed by atoms with Gasteiger partial charge in [0.15, 0.2) is 0 Å². The summed E-state index contributed by atoms with van der Waals surface area (Å²) in [5.74, 6) is 0.972. The molecule has 1 aliphatic heterocycles. The molecule has 94 valence electrons. The maximum atomic E-state index is 10.9. The molecule has 17 heavy (non-hydrogen) atoms. The molecule has 1 aliphatic rings. The van der Waals surface area contributed by atoms with E-state index >= 15 is 0 Å². The van der Waals surface area contributed by atoms with E-state index in [-0.39, 0.29) is 11.7 Å². The molecule has 2 rings (SSSR count). The molecule has 5 heteroatoms. The number of rotatable bonds is 4. The van der Waals surface area contributed by atoms with E-state index in [4.69, 9.17) is 14.3 Å². The molecule has 1 saturated heterocycles. The molecule has 0 saturated carbocycles. The van der Waals surface area contributed by atoms with Crippen molar-refractivity contribution in [1.82, 2.24) is 0 Å². The largest absolute Gasteiger partial charge is 0.478 e. The molecule has 0 spiro atoms. The lowest BCUT2D eigenvalue weighted by atomic mass is 10.2. The highest BCUT2D eigenvalue weighted by Gasteiger charge is 2.25. The van der Waals surface area contributed by atoms with Gasteiger partial charge in [-0.05, 0) is 26.3 Å². The third-order valence-corrected chi connectivity index (χ3v) is 4.44. The zero-order valence-corrected chi connectivity index (χ0v) is 10.8. The highest BCUT2D eigenvalue weighted by Crippen LogP contribution is 2.30. The van der Waals surface area contributed by atoms with Gasteiger partial charge in [-0.3, -0.25) is 0 Å². The molecule has 1 aromatic rings. The normalized spacial score (nSPS) is 24.1. The zero-order valence-electron chi connectivity index (χ0n) is 9.93. The van der Waals surface area contributed by atoms with E-state index in [9.17, 15) is 4.79 Å². The average molecular weight is 256 g/mol. The van der Waals surface area contributed by atoms with Gasteiger partial charge in [0.1, 0.15) is 17.1 Å². The summed E-state index contributed by atoms with van der Waals surface area (Å²) < 4.78 is 10.9. The summed E-state index contributed by atoms with van der Waals surface area (Å²) in [4.78, 5) is 10.9.